The average molecular weight is 406 g/mol. The van der Waals surface area contributed by atoms with Crippen molar-refractivity contribution < 1.29 is 9.90 Å². The molecular weight excluding hydrogens is 382 g/mol. The molecule has 1 unspecified atom stereocenters. The summed E-state index contributed by atoms with van der Waals surface area (Å²) in [5.74, 6) is -0.940. The van der Waals surface area contributed by atoms with Gasteiger partial charge in [0.05, 0.1) is 12.0 Å². The number of piperidine rings is 1. The number of hydrogen-bond acceptors (Lipinski definition) is 2. The van der Waals surface area contributed by atoms with Crippen molar-refractivity contribution >= 4 is 17.6 Å². The van der Waals surface area contributed by atoms with Crippen LogP contribution in [0.1, 0.15) is 30.0 Å². The molecule has 1 atom stereocenters. The van der Waals surface area contributed by atoms with Gasteiger partial charge in [-0.15, -0.1) is 0 Å². The Labute approximate surface area is 176 Å². The number of nitrogens with zero attached hydrogens (tertiary/aromatic N) is 1. The number of halogens is 1. The van der Waals surface area contributed by atoms with Crippen LogP contribution in [0.4, 0.5) is 0 Å². The van der Waals surface area contributed by atoms with Gasteiger partial charge in [0, 0.05) is 5.02 Å². The smallest absolute Gasteiger partial charge is 0.306 e. The third-order valence-corrected chi connectivity index (χ3v) is 6.12. The van der Waals surface area contributed by atoms with E-state index < -0.39 is 5.97 Å². The van der Waals surface area contributed by atoms with Crippen molar-refractivity contribution in [1.29, 1.82) is 0 Å². The van der Waals surface area contributed by atoms with Gasteiger partial charge in [0.25, 0.3) is 0 Å². The molecule has 0 radical (unpaired) electrons. The average Bonchev–Trinajstić information content (AvgIpc) is 2.77. The first-order chi connectivity index (χ1) is 14.1. The van der Waals surface area contributed by atoms with Gasteiger partial charge in [0.1, 0.15) is 0 Å². The summed E-state index contributed by atoms with van der Waals surface area (Å²) in [5.41, 5.74) is 4.61. The highest BCUT2D eigenvalue weighted by Gasteiger charge is 2.31. The van der Waals surface area contributed by atoms with E-state index in [1.807, 2.05) is 36.4 Å². The van der Waals surface area contributed by atoms with Crippen LogP contribution in [0.5, 0.6) is 0 Å². The van der Waals surface area contributed by atoms with Gasteiger partial charge >= 0.3 is 5.97 Å². The summed E-state index contributed by atoms with van der Waals surface area (Å²) in [6, 6.07) is 26.9. The van der Waals surface area contributed by atoms with Crippen molar-refractivity contribution in [2.75, 3.05) is 13.1 Å². The highest BCUT2D eigenvalue weighted by Crippen LogP contribution is 2.36. The molecule has 0 aromatic heterocycles. The van der Waals surface area contributed by atoms with E-state index in [4.69, 9.17) is 11.6 Å². The van der Waals surface area contributed by atoms with Crippen molar-refractivity contribution in [3.63, 3.8) is 0 Å². The van der Waals surface area contributed by atoms with Crippen LogP contribution in [0, 0.1) is 5.92 Å². The molecule has 1 aliphatic heterocycles. The molecule has 0 amide bonds. The highest BCUT2D eigenvalue weighted by atomic mass is 35.5. The molecule has 0 saturated carbocycles. The van der Waals surface area contributed by atoms with Gasteiger partial charge in [-0.05, 0) is 54.3 Å². The lowest BCUT2D eigenvalue weighted by atomic mass is 9.90. The second-order valence-corrected chi connectivity index (χ2v) is 7.97. The fraction of sp³-hybridized carbons (Fsp3) is 0.240. The lowest BCUT2D eigenvalue weighted by molar-refractivity contribution is -0.143. The largest absolute Gasteiger partial charge is 0.481 e. The van der Waals surface area contributed by atoms with Gasteiger partial charge in [-0.25, -0.2) is 0 Å². The Kier molecular flexibility index (Phi) is 5.98. The van der Waals surface area contributed by atoms with E-state index in [9.17, 15) is 9.90 Å². The third-order valence-electron chi connectivity index (χ3n) is 5.78. The Morgan fingerprint density at radius 1 is 0.862 bits per heavy atom. The molecule has 1 heterocycles. The van der Waals surface area contributed by atoms with Gasteiger partial charge in [0.2, 0.25) is 0 Å². The minimum absolute atomic E-state index is 0.0169. The number of carboxylic acid groups (broad SMARTS) is 1. The normalized spacial score (nSPS) is 16.4. The predicted octanol–water partition coefficient (Wildman–Crippen LogP) is 5.89. The summed E-state index contributed by atoms with van der Waals surface area (Å²) in [5, 5.41) is 10.1. The minimum Gasteiger partial charge on any atom is -0.481 e. The summed E-state index contributed by atoms with van der Waals surface area (Å²) in [6.07, 6.45) is 1.33. The van der Waals surface area contributed by atoms with Crippen molar-refractivity contribution in [3.05, 3.63) is 95.0 Å². The second kappa shape index (κ2) is 8.81. The molecule has 29 heavy (non-hydrogen) atoms. The first-order valence-electron chi connectivity index (χ1n) is 10.00. The Morgan fingerprint density at radius 3 is 2.07 bits per heavy atom. The maximum Gasteiger partial charge on any atom is 0.306 e. The van der Waals surface area contributed by atoms with E-state index in [0.717, 1.165) is 23.7 Å². The molecule has 4 rings (SSSR count). The zero-order valence-electron chi connectivity index (χ0n) is 16.2. The number of carboxylic acids is 1. The molecule has 0 bridgehead atoms. The maximum absolute atomic E-state index is 11.4. The maximum atomic E-state index is 11.4. The van der Waals surface area contributed by atoms with Crippen LogP contribution in [0.3, 0.4) is 0 Å². The Balaban J connectivity index is 1.66. The highest BCUT2D eigenvalue weighted by molar-refractivity contribution is 6.31. The third kappa shape index (κ3) is 4.36. The predicted molar refractivity (Wildman–Crippen MR) is 117 cm³/mol. The van der Waals surface area contributed by atoms with Gasteiger partial charge in [0.15, 0.2) is 0 Å². The molecule has 0 spiro atoms. The van der Waals surface area contributed by atoms with Crippen LogP contribution >= 0.6 is 11.6 Å². The number of aliphatic carboxylic acids is 1. The lowest BCUT2D eigenvalue weighted by Gasteiger charge is -2.37. The fourth-order valence-corrected chi connectivity index (χ4v) is 4.42. The summed E-state index contributed by atoms with van der Waals surface area (Å²) < 4.78 is 0. The van der Waals surface area contributed by atoms with Crippen LogP contribution in [-0.2, 0) is 4.79 Å². The van der Waals surface area contributed by atoms with E-state index in [2.05, 4.69) is 47.4 Å². The van der Waals surface area contributed by atoms with Crippen LogP contribution in [0.2, 0.25) is 5.02 Å². The Bertz CT molecular complexity index is 964. The molecule has 1 N–H and O–H groups in total. The molecule has 1 fully saturated rings. The monoisotopic (exact) mass is 405 g/mol. The van der Waals surface area contributed by atoms with Gasteiger partial charge in [-0.2, -0.15) is 0 Å². The number of rotatable bonds is 5. The Hall–Kier alpha value is -2.62. The minimum atomic E-state index is -0.689. The van der Waals surface area contributed by atoms with E-state index in [1.165, 1.54) is 16.7 Å². The van der Waals surface area contributed by atoms with Crippen molar-refractivity contribution in [1.82, 2.24) is 4.90 Å². The zero-order chi connectivity index (χ0) is 20.2. The van der Waals surface area contributed by atoms with Crippen LogP contribution in [0.25, 0.3) is 11.1 Å². The van der Waals surface area contributed by atoms with Crippen LogP contribution < -0.4 is 0 Å². The van der Waals surface area contributed by atoms with Crippen molar-refractivity contribution in [3.8, 4) is 11.1 Å². The second-order valence-electron chi connectivity index (χ2n) is 7.56. The zero-order valence-corrected chi connectivity index (χ0v) is 16.9. The molecule has 3 aromatic carbocycles. The van der Waals surface area contributed by atoms with Gasteiger partial charge in [-0.1, -0.05) is 84.4 Å². The standard InChI is InChI=1S/C25H24ClNO2/c26-23-9-5-4-8-22(23)24(27-16-14-21(15-17-27)25(28)29)20-12-10-19(11-13-20)18-6-2-1-3-7-18/h1-13,21,24H,14-17H2,(H,28,29). The Morgan fingerprint density at radius 2 is 1.45 bits per heavy atom. The number of carbonyl (C=O) groups is 1. The summed E-state index contributed by atoms with van der Waals surface area (Å²) in [6.45, 7) is 1.49. The quantitative estimate of drug-likeness (QED) is 0.575. The summed E-state index contributed by atoms with van der Waals surface area (Å²) >= 11 is 6.57. The van der Waals surface area contributed by atoms with Crippen molar-refractivity contribution in [2.45, 2.75) is 18.9 Å². The van der Waals surface area contributed by atoms with E-state index in [-0.39, 0.29) is 12.0 Å². The number of benzene rings is 3. The number of hydrogen-bond donors (Lipinski definition) is 1. The first kappa shape index (κ1) is 19.7. The van der Waals surface area contributed by atoms with Crippen LogP contribution in [-0.4, -0.2) is 29.1 Å². The topological polar surface area (TPSA) is 40.5 Å². The van der Waals surface area contributed by atoms with Gasteiger partial charge in [-0.3, -0.25) is 9.69 Å². The first-order valence-corrected chi connectivity index (χ1v) is 10.4. The molecule has 1 saturated heterocycles. The molecule has 0 aliphatic carbocycles. The van der Waals surface area contributed by atoms with E-state index in [0.29, 0.717) is 12.8 Å². The molecule has 148 valence electrons. The number of likely N-dealkylation sites (tertiary alicyclic amines) is 1. The van der Waals surface area contributed by atoms with E-state index in [1.54, 1.807) is 0 Å². The summed E-state index contributed by atoms with van der Waals surface area (Å²) in [7, 11) is 0. The summed E-state index contributed by atoms with van der Waals surface area (Å²) in [4.78, 5) is 13.7. The molecule has 4 heteroatoms. The molecule has 3 nitrogen and oxygen atoms in total. The fourth-order valence-electron chi connectivity index (χ4n) is 4.18. The molecule has 1 aliphatic rings. The molecule has 3 aromatic rings. The van der Waals surface area contributed by atoms with Crippen molar-refractivity contribution in [2.24, 2.45) is 5.92 Å². The molecular formula is C25H24ClNO2. The lowest BCUT2D eigenvalue weighted by Crippen LogP contribution is -2.39. The van der Waals surface area contributed by atoms with Crippen LogP contribution in [0.15, 0.2) is 78.9 Å². The van der Waals surface area contributed by atoms with E-state index >= 15 is 0 Å². The SMILES string of the molecule is O=C(O)C1CCN(C(c2ccc(-c3ccccc3)cc2)c2ccccc2Cl)CC1. The van der Waals surface area contributed by atoms with Gasteiger partial charge < -0.3 is 5.11 Å².